The van der Waals surface area contributed by atoms with Crippen LogP contribution in [0.5, 0.6) is 0 Å². The maximum atomic E-state index is 10.4. The molecule has 0 radical (unpaired) electrons. The van der Waals surface area contributed by atoms with Gasteiger partial charge >= 0.3 is 0 Å². The van der Waals surface area contributed by atoms with Crippen LogP contribution in [0.3, 0.4) is 0 Å². The Balaban J connectivity index is 2.00. The van der Waals surface area contributed by atoms with E-state index in [2.05, 4.69) is 37.9 Å². The first-order chi connectivity index (χ1) is 8.53. The molecule has 1 aromatic heterocycles. The molecular weight excluding hydrogens is 222 g/mol. The van der Waals surface area contributed by atoms with E-state index in [0.717, 1.165) is 18.5 Å². The highest BCUT2D eigenvalue weighted by molar-refractivity contribution is 5.14. The fraction of sp³-hybridized carbons (Fsp3) is 0.688. The molecular formula is C16H25NO. The lowest BCUT2D eigenvalue weighted by Crippen LogP contribution is -2.31. The van der Waals surface area contributed by atoms with E-state index in [1.165, 1.54) is 18.4 Å². The highest BCUT2D eigenvalue weighted by Gasteiger charge is 2.38. The van der Waals surface area contributed by atoms with Gasteiger partial charge in [0, 0.05) is 18.3 Å². The lowest BCUT2D eigenvalue weighted by atomic mass is 9.77. The molecule has 18 heavy (non-hydrogen) atoms. The third-order valence-corrected chi connectivity index (χ3v) is 4.52. The highest BCUT2D eigenvalue weighted by Crippen LogP contribution is 2.44. The first-order valence-corrected chi connectivity index (χ1v) is 7.15. The van der Waals surface area contributed by atoms with Gasteiger partial charge in [0.2, 0.25) is 0 Å². The van der Waals surface area contributed by atoms with Crippen LogP contribution in [0, 0.1) is 11.3 Å². The number of aliphatic hydroxyl groups is 1. The summed E-state index contributed by atoms with van der Waals surface area (Å²) >= 11 is 0. The summed E-state index contributed by atoms with van der Waals surface area (Å²) in [7, 11) is 0. The molecule has 2 atom stereocenters. The molecule has 2 unspecified atom stereocenters. The number of aliphatic hydroxyl groups excluding tert-OH is 1. The number of nitrogens with zero attached hydrogens (tertiary/aromatic N) is 1. The van der Waals surface area contributed by atoms with Crippen LogP contribution < -0.4 is 0 Å². The lowest BCUT2D eigenvalue weighted by Gasteiger charge is -2.31. The molecule has 0 bridgehead atoms. The molecule has 1 aromatic rings. The number of aryl methyl sites for hydroxylation is 1. The molecule has 1 aliphatic rings. The van der Waals surface area contributed by atoms with Gasteiger partial charge in [0.15, 0.2) is 0 Å². The first kappa shape index (κ1) is 13.5. The molecule has 1 saturated carbocycles. The maximum Gasteiger partial charge on any atom is 0.0628 e. The number of hydrogen-bond acceptors (Lipinski definition) is 2. The van der Waals surface area contributed by atoms with Crippen LogP contribution in [0.25, 0.3) is 0 Å². The normalized spacial score (nSPS) is 24.1. The van der Waals surface area contributed by atoms with Gasteiger partial charge in [-0.2, -0.15) is 0 Å². The minimum Gasteiger partial charge on any atom is -0.392 e. The van der Waals surface area contributed by atoms with E-state index in [1.54, 1.807) is 0 Å². The molecule has 2 heteroatoms. The Kier molecular flexibility index (Phi) is 4.06. The number of hydrogen-bond donors (Lipinski definition) is 1. The van der Waals surface area contributed by atoms with Crippen LogP contribution in [-0.4, -0.2) is 16.2 Å². The summed E-state index contributed by atoms with van der Waals surface area (Å²) in [5.74, 6) is 0.421. The standard InChI is InChI=1S/C16H25NO/c1-4-12-7-8-13(17-11-12)10-15(18)14-6-5-9-16(14,2)3/h7-8,11,14-15,18H,4-6,9-10H2,1-3H3. The molecule has 2 rings (SSSR count). The van der Waals surface area contributed by atoms with Gasteiger partial charge in [0.05, 0.1) is 6.10 Å². The van der Waals surface area contributed by atoms with Gasteiger partial charge in [0.25, 0.3) is 0 Å². The number of rotatable bonds is 4. The van der Waals surface area contributed by atoms with Crippen LogP contribution in [0.4, 0.5) is 0 Å². The molecule has 0 spiro atoms. The van der Waals surface area contributed by atoms with Crippen LogP contribution in [0.15, 0.2) is 18.3 Å². The predicted molar refractivity (Wildman–Crippen MR) is 74.4 cm³/mol. The van der Waals surface area contributed by atoms with Crippen LogP contribution in [0.1, 0.15) is 51.3 Å². The lowest BCUT2D eigenvalue weighted by molar-refractivity contribution is 0.0536. The number of aromatic nitrogens is 1. The second kappa shape index (κ2) is 5.40. The Bertz CT molecular complexity index is 383. The molecule has 0 amide bonds. The van der Waals surface area contributed by atoms with Gasteiger partial charge in [0.1, 0.15) is 0 Å². The van der Waals surface area contributed by atoms with Gasteiger partial charge in [-0.25, -0.2) is 0 Å². The van der Waals surface area contributed by atoms with Crippen molar-refractivity contribution in [2.24, 2.45) is 11.3 Å². The fourth-order valence-electron chi connectivity index (χ4n) is 3.21. The van der Waals surface area contributed by atoms with E-state index in [4.69, 9.17) is 0 Å². The van der Waals surface area contributed by atoms with Gasteiger partial charge in [-0.15, -0.1) is 0 Å². The third-order valence-electron chi connectivity index (χ3n) is 4.52. The van der Waals surface area contributed by atoms with E-state index in [0.29, 0.717) is 12.3 Å². The fourth-order valence-corrected chi connectivity index (χ4v) is 3.21. The summed E-state index contributed by atoms with van der Waals surface area (Å²) in [6, 6.07) is 4.18. The van der Waals surface area contributed by atoms with Crippen molar-refractivity contribution in [3.05, 3.63) is 29.6 Å². The molecule has 1 fully saturated rings. The Labute approximate surface area is 110 Å². The SMILES string of the molecule is CCc1ccc(CC(O)C2CCCC2(C)C)nc1. The van der Waals surface area contributed by atoms with Gasteiger partial charge < -0.3 is 5.11 Å². The first-order valence-electron chi connectivity index (χ1n) is 7.15. The molecule has 0 aromatic carbocycles. The van der Waals surface area contributed by atoms with Crippen molar-refractivity contribution in [1.82, 2.24) is 4.98 Å². The summed E-state index contributed by atoms with van der Waals surface area (Å²) in [5.41, 5.74) is 2.56. The zero-order valence-electron chi connectivity index (χ0n) is 11.8. The van der Waals surface area contributed by atoms with Crippen molar-refractivity contribution in [1.29, 1.82) is 0 Å². The van der Waals surface area contributed by atoms with E-state index >= 15 is 0 Å². The molecule has 0 aliphatic heterocycles. The van der Waals surface area contributed by atoms with E-state index in [9.17, 15) is 5.11 Å². The average molecular weight is 247 g/mol. The summed E-state index contributed by atoms with van der Waals surface area (Å²) < 4.78 is 0. The Morgan fingerprint density at radius 3 is 2.72 bits per heavy atom. The second-order valence-corrected chi connectivity index (χ2v) is 6.27. The minimum absolute atomic E-state index is 0.248. The summed E-state index contributed by atoms with van der Waals surface area (Å²) in [5, 5.41) is 10.4. The monoisotopic (exact) mass is 247 g/mol. The van der Waals surface area contributed by atoms with E-state index in [-0.39, 0.29) is 11.5 Å². The maximum absolute atomic E-state index is 10.4. The van der Waals surface area contributed by atoms with Crippen molar-refractivity contribution < 1.29 is 5.11 Å². The van der Waals surface area contributed by atoms with Crippen molar-refractivity contribution in [3.8, 4) is 0 Å². The second-order valence-electron chi connectivity index (χ2n) is 6.27. The summed E-state index contributed by atoms with van der Waals surface area (Å²) in [6.07, 6.45) is 7.03. The average Bonchev–Trinajstić information content (AvgIpc) is 2.70. The van der Waals surface area contributed by atoms with Crippen LogP contribution >= 0.6 is 0 Å². The molecule has 2 nitrogen and oxygen atoms in total. The zero-order chi connectivity index (χ0) is 13.2. The zero-order valence-corrected chi connectivity index (χ0v) is 11.8. The van der Waals surface area contributed by atoms with E-state index < -0.39 is 0 Å². The highest BCUT2D eigenvalue weighted by atomic mass is 16.3. The van der Waals surface area contributed by atoms with Crippen LogP contribution in [-0.2, 0) is 12.8 Å². The molecule has 1 aliphatic carbocycles. The predicted octanol–water partition coefficient (Wildman–Crippen LogP) is 3.37. The minimum atomic E-state index is -0.248. The molecule has 0 saturated heterocycles. The number of pyridine rings is 1. The van der Waals surface area contributed by atoms with Crippen molar-refractivity contribution in [2.75, 3.05) is 0 Å². The molecule has 100 valence electrons. The van der Waals surface area contributed by atoms with Crippen molar-refractivity contribution in [3.63, 3.8) is 0 Å². The van der Waals surface area contributed by atoms with Crippen molar-refractivity contribution >= 4 is 0 Å². The molecule has 1 N–H and O–H groups in total. The quantitative estimate of drug-likeness (QED) is 0.885. The van der Waals surface area contributed by atoms with Gasteiger partial charge in [-0.3, -0.25) is 4.98 Å². The largest absolute Gasteiger partial charge is 0.392 e. The smallest absolute Gasteiger partial charge is 0.0628 e. The topological polar surface area (TPSA) is 33.1 Å². The molecule has 1 heterocycles. The van der Waals surface area contributed by atoms with Crippen LogP contribution in [0.2, 0.25) is 0 Å². The van der Waals surface area contributed by atoms with Crippen molar-refractivity contribution in [2.45, 2.75) is 59.0 Å². The van der Waals surface area contributed by atoms with Gasteiger partial charge in [-0.1, -0.05) is 33.3 Å². The Hall–Kier alpha value is -0.890. The summed E-state index contributed by atoms with van der Waals surface area (Å²) in [6.45, 7) is 6.69. The van der Waals surface area contributed by atoms with Gasteiger partial charge in [-0.05, 0) is 42.2 Å². The summed E-state index contributed by atoms with van der Waals surface area (Å²) in [4.78, 5) is 4.45. The van der Waals surface area contributed by atoms with E-state index in [1.807, 2.05) is 6.20 Å². The third kappa shape index (κ3) is 2.92. The Morgan fingerprint density at radius 1 is 1.44 bits per heavy atom. The Morgan fingerprint density at radius 2 is 2.22 bits per heavy atom.